The van der Waals surface area contributed by atoms with E-state index in [9.17, 15) is 27.2 Å². The zero-order chi connectivity index (χ0) is 27.6. The van der Waals surface area contributed by atoms with E-state index in [1.165, 1.54) is 0 Å². The summed E-state index contributed by atoms with van der Waals surface area (Å²) in [6, 6.07) is 8.93. The van der Waals surface area contributed by atoms with E-state index in [2.05, 4.69) is 0 Å². The Morgan fingerprint density at radius 3 is 2.03 bits per heavy atom. The summed E-state index contributed by atoms with van der Waals surface area (Å²) in [5, 5.41) is 0. The predicted octanol–water partition coefficient (Wildman–Crippen LogP) is 6.56. The first-order valence-corrected chi connectivity index (χ1v) is 15.8. The van der Waals surface area contributed by atoms with Crippen molar-refractivity contribution in [2.75, 3.05) is 13.2 Å². The Morgan fingerprint density at radius 1 is 0.947 bits per heavy atom. The zero-order valence-corrected chi connectivity index (χ0v) is 23.8. The molecule has 4 saturated carbocycles. The molecule has 5 aliphatic rings. The molecule has 4 bridgehead atoms. The molecule has 4 aliphatic carbocycles. The first kappa shape index (κ1) is 28.1. The van der Waals surface area contributed by atoms with Gasteiger partial charge in [0.25, 0.3) is 0 Å². The second kappa shape index (κ2) is 9.57. The van der Waals surface area contributed by atoms with Crippen molar-refractivity contribution in [1.29, 1.82) is 0 Å². The SMILES string of the molecule is CCC(C)(C)C(=O)OI(OC(=O)C12CC3CC(C1)C1(OCC(F)(F)C(F)(F)CO1)C(C3)C2)c1ccccc1. The molecule has 11 heteroatoms. The van der Waals surface area contributed by atoms with Gasteiger partial charge in [-0.25, -0.2) is 0 Å². The molecule has 6 rings (SSSR count). The van der Waals surface area contributed by atoms with E-state index in [4.69, 9.17) is 15.6 Å². The Balaban J connectivity index is 1.38. The topological polar surface area (TPSA) is 71.1 Å². The first-order chi connectivity index (χ1) is 17.7. The molecule has 2 atom stereocenters. The van der Waals surface area contributed by atoms with Gasteiger partial charge in [0.05, 0.1) is 0 Å². The van der Waals surface area contributed by atoms with Crippen molar-refractivity contribution in [2.24, 2.45) is 28.6 Å². The molecule has 0 radical (unpaired) electrons. The van der Waals surface area contributed by atoms with Crippen molar-refractivity contribution in [3.63, 3.8) is 0 Å². The van der Waals surface area contributed by atoms with Crippen LogP contribution in [0.15, 0.2) is 30.3 Å². The van der Waals surface area contributed by atoms with Gasteiger partial charge in [0.2, 0.25) is 0 Å². The van der Waals surface area contributed by atoms with Gasteiger partial charge in [-0.05, 0) is 0 Å². The second-order valence-electron chi connectivity index (χ2n) is 11.8. The van der Waals surface area contributed by atoms with Crippen LogP contribution in [0.25, 0.3) is 0 Å². The molecule has 0 N–H and O–H groups in total. The number of benzene rings is 1. The molecule has 6 nitrogen and oxygen atoms in total. The van der Waals surface area contributed by atoms with Crippen LogP contribution in [0.3, 0.4) is 0 Å². The number of halogens is 5. The fraction of sp³-hybridized carbons (Fsp3) is 0.704. The van der Waals surface area contributed by atoms with Gasteiger partial charge < -0.3 is 0 Å². The van der Waals surface area contributed by atoms with E-state index in [0.29, 0.717) is 29.3 Å². The molecular weight excluding hydrogens is 623 g/mol. The van der Waals surface area contributed by atoms with Gasteiger partial charge >= 0.3 is 228 Å². The van der Waals surface area contributed by atoms with Gasteiger partial charge in [0.15, 0.2) is 0 Å². The van der Waals surface area contributed by atoms with E-state index in [-0.39, 0.29) is 18.8 Å². The van der Waals surface area contributed by atoms with Crippen molar-refractivity contribution in [1.82, 2.24) is 0 Å². The normalized spacial score (nSPS) is 32.9. The predicted molar refractivity (Wildman–Crippen MR) is 136 cm³/mol. The molecular formula is C27H33F4IO6. The van der Waals surface area contributed by atoms with E-state index >= 15 is 0 Å². The molecule has 0 amide bonds. The zero-order valence-electron chi connectivity index (χ0n) is 21.6. The molecule has 2 unspecified atom stereocenters. The molecule has 1 aliphatic heterocycles. The molecule has 38 heavy (non-hydrogen) atoms. The van der Waals surface area contributed by atoms with Crippen LogP contribution in [0, 0.1) is 32.2 Å². The van der Waals surface area contributed by atoms with Gasteiger partial charge in [0, 0.05) is 0 Å². The van der Waals surface area contributed by atoms with Crippen LogP contribution in [-0.4, -0.2) is 42.8 Å². The number of hydrogen-bond acceptors (Lipinski definition) is 6. The summed E-state index contributed by atoms with van der Waals surface area (Å²) in [5.41, 5.74) is -1.68. The summed E-state index contributed by atoms with van der Waals surface area (Å²) < 4.78 is 80.0. The van der Waals surface area contributed by atoms with Crippen molar-refractivity contribution in [2.45, 2.75) is 76.9 Å². The minimum atomic E-state index is -4.34. The van der Waals surface area contributed by atoms with E-state index in [1.807, 2.05) is 13.0 Å². The van der Waals surface area contributed by atoms with E-state index in [1.54, 1.807) is 38.1 Å². The Kier molecular flexibility index (Phi) is 7.07. The monoisotopic (exact) mass is 656 g/mol. The first-order valence-electron chi connectivity index (χ1n) is 13.0. The average Bonchev–Trinajstić information content (AvgIpc) is 2.96. The van der Waals surface area contributed by atoms with Crippen LogP contribution in [0.1, 0.15) is 59.3 Å². The molecule has 1 spiro atoms. The van der Waals surface area contributed by atoms with Crippen LogP contribution < -0.4 is 0 Å². The van der Waals surface area contributed by atoms with Gasteiger partial charge in [-0.2, -0.15) is 0 Å². The third-order valence-electron chi connectivity index (χ3n) is 8.88. The van der Waals surface area contributed by atoms with Crippen molar-refractivity contribution < 1.29 is 42.8 Å². The van der Waals surface area contributed by atoms with Crippen molar-refractivity contribution in [3.05, 3.63) is 33.9 Å². The molecule has 1 saturated heterocycles. The summed E-state index contributed by atoms with van der Waals surface area (Å²) in [5.74, 6) is -12.1. The van der Waals surface area contributed by atoms with Crippen LogP contribution in [0.2, 0.25) is 0 Å². The maximum absolute atomic E-state index is 14.1. The van der Waals surface area contributed by atoms with Gasteiger partial charge in [-0.3, -0.25) is 0 Å². The summed E-state index contributed by atoms with van der Waals surface area (Å²) in [7, 11) is 0. The third-order valence-corrected chi connectivity index (χ3v) is 12.2. The Hall–Kier alpha value is -1.47. The molecule has 1 aromatic carbocycles. The number of ether oxygens (including phenoxy) is 2. The second-order valence-corrected chi connectivity index (χ2v) is 15.2. The van der Waals surface area contributed by atoms with E-state index in [0.717, 1.165) is 0 Å². The van der Waals surface area contributed by atoms with E-state index < -0.39 is 86.1 Å². The number of carbonyl (C=O) groups excluding carboxylic acids is 2. The Morgan fingerprint density at radius 2 is 1.50 bits per heavy atom. The number of alkyl halides is 4. The maximum atomic E-state index is 14.1. The number of rotatable bonds is 6. The van der Waals surface area contributed by atoms with Crippen LogP contribution >= 0.6 is 20.6 Å². The van der Waals surface area contributed by atoms with Gasteiger partial charge in [0.1, 0.15) is 0 Å². The average molecular weight is 656 g/mol. The summed E-state index contributed by atoms with van der Waals surface area (Å²) in [6.07, 6.45) is 2.64. The van der Waals surface area contributed by atoms with Crippen LogP contribution in [0.4, 0.5) is 17.6 Å². The number of hydrogen-bond donors (Lipinski definition) is 0. The van der Waals surface area contributed by atoms with Crippen molar-refractivity contribution >= 4 is 32.6 Å². The Bertz CT molecular complexity index is 1040. The number of carbonyl (C=O) groups is 2. The summed E-state index contributed by atoms with van der Waals surface area (Å²) in [6.45, 7) is 2.57. The summed E-state index contributed by atoms with van der Waals surface area (Å²) in [4.78, 5) is 26.7. The van der Waals surface area contributed by atoms with Crippen molar-refractivity contribution in [3.8, 4) is 0 Å². The summed E-state index contributed by atoms with van der Waals surface area (Å²) >= 11 is -3.22. The molecule has 212 valence electrons. The van der Waals surface area contributed by atoms with Gasteiger partial charge in [-0.1, -0.05) is 0 Å². The van der Waals surface area contributed by atoms with Crippen LogP contribution in [0.5, 0.6) is 0 Å². The molecule has 0 aromatic heterocycles. The van der Waals surface area contributed by atoms with Crippen LogP contribution in [-0.2, 0) is 25.2 Å². The fourth-order valence-electron chi connectivity index (χ4n) is 6.39. The minimum absolute atomic E-state index is 0.0997. The van der Waals surface area contributed by atoms with Gasteiger partial charge in [-0.15, -0.1) is 0 Å². The quantitative estimate of drug-likeness (QED) is 0.256. The fourth-order valence-corrected chi connectivity index (χ4v) is 9.78. The Labute approximate surface area is 227 Å². The third kappa shape index (κ3) is 4.63. The standard InChI is InChI=1S/C27H33F4IO6/c1-4-23(2,3)21(33)37-32(20-8-6-5-7-9-20)38-22(34)24-12-17-10-18(13-24)27(19(11-17)14-24)35-15-25(28,29)26(30,31)16-36-27/h5-9,17-19H,4,10-16H2,1-3H3. The molecule has 1 heterocycles. The molecule has 5 fully saturated rings. The molecule has 1 aromatic rings.